The summed E-state index contributed by atoms with van der Waals surface area (Å²) in [6, 6.07) is 5.49. The van der Waals surface area contributed by atoms with Gasteiger partial charge in [0.25, 0.3) is 0 Å². The van der Waals surface area contributed by atoms with Crippen molar-refractivity contribution in [1.82, 2.24) is 9.36 Å². The van der Waals surface area contributed by atoms with E-state index >= 15 is 0 Å². The fourth-order valence-electron chi connectivity index (χ4n) is 3.58. The lowest BCUT2D eigenvalue weighted by Crippen LogP contribution is -2.29. The molecule has 1 aromatic carbocycles. The molecule has 0 radical (unpaired) electrons. The number of anilines is 3. The van der Waals surface area contributed by atoms with Crippen molar-refractivity contribution in [2.75, 3.05) is 29.9 Å². The predicted molar refractivity (Wildman–Crippen MR) is 130 cm³/mol. The number of nitrogens with zero attached hydrogens (tertiary/aromatic N) is 6. The Morgan fingerprint density at radius 2 is 2.03 bits per heavy atom. The Kier molecular flexibility index (Phi) is 10.6. The number of rotatable bonds is 14. The number of benzene rings is 1. The van der Waals surface area contributed by atoms with Crippen LogP contribution in [0.3, 0.4) is 0 Å². The Labute approximate surface area is 206 Å². The van der Waals surface area contributed by atoms with Crippen LogP contribution in [0, 0.1) is 5.92 Å². The van der Waals surface area contributed by atoms with Crippen LogP contribution in [0.25, 0.3) is 10.4 Å². The van der Waals surface area contributed by atoms with Gasteiger partial charge in [-0.3, -0.25) is 4.79 Å². The zero-order valence-electron chi connectivity index (χ0n) is 19.9. The molecule has 0 saturated heterocycles. The van der Waals surface area contributed by atoms with Gasteiger partial charge < -0.3 is 15.3 Å². The van der Waals surface area contributed by atoms with Crippen LogP contribution in [0.15, 0.2) is 23.3 Å². The summed E-state index contributed by atoms with van der Waals surface area (Å²) >= 11 is 0.615. The van der Waals surface area contributed by atoms with Gasteiger partial charge in [0.05, 0.1) is 17.8 Å². The van der Waals surface area contributed by atoms with Crippen molar-refractivity contribution in [1.29, 1.82) is 0 Å². The number of unbranched alkanes of at least 4 members (excludes halogenated alkanes) is 2. The van der Waals surface area contributed by atoms with Crippen molar-refractivity contribution in [2.45, 2.75) is 58.5 Å². The highest BCUT2D eigenvalue weighted by molar-refractivity contribution is 7.09. The number of carbonyl (C=O) groups is 1. The third-order valence-corrected chi connectivity index (χ3v) is 5.80. The van der Waals surface area contributed by atoms with E-state index in [1.54, 1.807) is 13.0 Å². The maximum Gasteiger partial charge on any atom is 0.452 e. The molecule has 35 heavy (non-hydrogen) atoms. The number of azide groups is 1. The highest BCUT2D eigenvalue weighted by Gasteiger charge is 2.36. The molecule has 0 spiro atoms. The second-order valence-electron chi connectivity index (χ2n) is 8.68. The number of nitrogens with one attached hydrogen (secondary N) is 1. The van der Waals surface area contributed by atoms with Gasteiger partial charge in [0.1, 0.15) is 0 Å². The van der Waals surface area contributed by atoms with Gasteiger partial charge in [-0.05, 0) is 47.9 Å². The third-order valence-electron chi connectivity index (χ3n) is 5.17. The summed E-state index contributed by atoms with van der Waals surface area (Å²) in [5.41, 5.74) is 10.5. The molecule has 0 bridgehead atoms. The second-order valence-corrected chi connectivity index (χ2v) is 9.43. The van der Waals surface area contributed by atoms with Crippen LogP contribution in [-0.2, 0) is 11.0 Å². The molecule has 0 aliphatic rings. The summed E-state index contributed by atoms with van der Waals surface area (Å²) in [7, 11) is 0. The molecule has 0 aliphatic heterocycles. The van der Waals surface area contributed by atoms with Crippen LogP contribution < -0.4 is 10.2 Å². The summed E-state index contributed by atoms with van der Waals surface area (Å²) in [5, 5.41) is 15.7. The SMILES string of the molecule is CC(C)CN(CCCCCN=[N+]=[N-])c1ccc(C(C)CC(=O)O)cc1Nc1nc(C(F)(F)F)ns1. The van der Waals surface area contributed by atoms with E-state index in [2.05, 4.69) is 43.4 Å². The van der Waals surface area contributed by atoms with Crippen molar-refractivity contribution >= 4 is 34.0 Å². The van der Waals surface area contributed by atoms with Crippen molar-refractivity contribution < 1.29 is 23.1 Å². The summed E-state index contributed by atoms with van der Waals surface area (Å²) < 4.78 is 42.4. The van der Waals surface area contributed by atoms with E-state index in [9.17, 15) is 23.1 Å². The van der Waals surface area contributed by atoms with Gasteiger partial charge in [-0.15, -0.1) is 0 Å². The Morgan fingerprint density at radius 3 is 2.63 bits per heavy atom. The van der Waals surface area contributed by atoms with Gasteiger partial charge in [-0.1, -0.05) is 38.4 Å². The number of alkyl halides is 3. The third kappa shape index (κ3) is 9.25. The highest BCUT2D eigenvalue weighted by atomic mass is 32.1. The van der Waals surface area contributed by atoms with Crippen molar-refractivity contribution in [3.8, 4) is 0 Å². The fraction of sp³-hybridized carbons (Fsp3) is 0.591. The van der Waals surface area contributed by atoms with E-state index in [1.165, 1.54) is 0 Å². The first-order valence-corrected chi connectivity index (χ1v) is 12.1. The first kappa shape index (κ1) is 28.2. The fourth-order valence-corrected chi connectivity index (χ4v) is 4.18. The van der Waals surface area contributed by atoms with Crippen molar-refractivity contribution in [2.24, 2.45) is 11.0 Å². The van der Waals surface area contributed by atoms with Gasteiger partial charge in [-0.2, -0.15) is 22.5 Å². The summed E-state index contributed by atoms with van der Waals surface area (Å²) in [5.74, 6) is -2.12. The Balaban J connectivity index is 2.36. The number of aromatic nitrogens is 2. The van der Waals surface area contributed by atoms with E-state index in [4.69, 9.17) is 5.53 Å². The molecule has 1 aromatic heterocycles. The minimum absolute atomic E-state index is 0.000439. The molecule has 0 amide bonds. The average molecular weight is 514 g/mol. The largest absolute Gasteiger partial charge is 0.481 e. The van der Waals surface area contributed by atoms with E-state index in [0.717, 1.165) is 30.5 Å². The van der Waals surface area contributed by atoms with Crippen LogP contribution in [0.5, 0.6) is 0 Å². The predicted octanol–water partition coefficient (Wildman–Crippen LogP) is 6.82. The lowest BCUT2D eigenvalue weighted by molar-refractivity contribution is -0.144. The van der Waals surface area contributed by atoms with Gasteiger partial charge >= 0.3 is 12.1 Å². The van der Waals surface area contributed by atoms with E-state index in [0.29, 0.717) is 42.8 Å². The molecular weight excluding hydrogens is 483 g/mol. The molecule has 1 heterocycles. The average Bonchev–Trinajstić information content (AvgIpc) is 3.24. The standard InChI is InChI=1S/C22H30F3N7O2S/c1-14(2)13-32(10-6-4-5-9-27-31-26)18-8-7-16(15(3)11-19(33)34)12-17(18)28-21-29-20(30-35-21)22(23,24)25/h7-8,12,14-15H,4-6,9-11,13H2,1-3H3,(H,33,34)(H,28,29,30). The van der Waals surface area contributed by atoms with Crippen LogP contribution in [0.2, 0.25) is 0 Å². The van der Waals surface area contributed by atoms with Gasteiger partial charge in [0, 0.05) is 36.1 Å². The van der Waals surface area contributed by atoms with Gasteiger partial charge in [0.2, 0.25) is 11.0 Å². The Bertz CT molecular complexity index is 1020. The number of halogens is 3. The maximum absolute atomic E-state index is 13.0. The smallest absolute Gasteiger partial charge is 0.452 e. The van der Waals surface area contributed by atoms with E-state index in [1.807, 2.05) is 12.1 Å². The molecule has 9 nitrogen and oxygen atoms in total. The monoisotopic (exact) mass is 513 g/mol. The molecule has 2 aromatic rings. The molecule has 2 N–H and O–H groups in total. The van der Waals surface area contributed by atoms with E-state index < -0.39 is 18.0 Å². The first-order chi connectivity index (χ1) is 16.5. The zero-order chi connectivity index (χ0) is 26.0. The zero-order valence-corrected chi connectivity index (χ0v) is 20.7. The molecule has 1 unspecified atom stereocenters. The highest BCUT2D eigenvalue weighted by Crippen LogP contribution is 2.36. The van der Waals surface area contributed by atoms with Crippen LogP contribution in [-0.4, -0.2) is 40.1 Å². The lowest BCUT2D eigenvalue weighted by atomic mass is 9.96. The first-order valence-electron chi connectivity index (χ1n) is 11.3. The van der Waals surface area contributed by atoms with Crippen LogP contribution in [0.4, 0.5) is 29.7 Å². The topological polar surface area (TPSA) is 127 Å². The minimum Gasteiger partial charge on any atom is -0.481 e. The summed E-state index contributed by atoms with van der Waals surface area (Å²) in [4.78, 5) is 19.7. The molecule has 0 fully saturated rings. The number of aliphatic carboxylic acids is 1. The summed E-state index contributed by atoms with van der Waals surface area (Å²) in [6.07, 6.45) is -2.26. The quantitative estimate of drug-likeness (QED) is 0.123. The normalized spacial score (nSPS) is 12.3. The van der Waals surface area contributed by atoms with Gasteiger partial charge in [0.15, 0.2) is 0 Å². The van der Waals surface area contributed by atoms with Crippen molar-refractivity contribution in [3.05, 3.63) is 40.0 Å². The Morgan fingerprint density at radius 1 is 1.29 bits per heavy atom. The minimum atomic E-state index is -4.64. The molecule has 0 saturated carbocycles. The van der Waals surface area contributed by atoms with Gasteiger partial charge in [-0.25, -0.2) is 0 Å². The molecule has 192 valence electrons. The number of hydrogen-bond donors (Lipinski definition) is 2. The molecular formula is C22H30F3N7O2S. The number of carboxylic acid groups (broad SMARTS) is 1. The number of carboxylic acids is 1. The molecule has 0 aliphatic carbocycles. The summed E-state index contributed by atoms with van der Waals surface area (Å²) in [6.45, 7) is 7.77. The molecule has 2 rings (SSSR count). The van der Waals surface area contributed by atoms with Crippen LogP contribution >= 0.6 is 11.5 Å². The lowest BCUT2D eigenvalue weighted by Gasteiger charge is -2.29. The number of hydrogen-bond acceptors (Lipinski definition) is 7. The molecule has 13 heteroatoms. The van der Waals surface area contributed by atoms with Crippen molar-refractivity contribution in [3.63, 3.8) is 0 Å². The molecule has 1 atom stereocenters. The maximum atomic E-state index is 13.0. The second kappa shape index (κ2) is 13.1. The van der Waals surface area contributed by atoms with E-state index in [-0.39, 0.29) is 17.5 Å². The van der Waals surface area contributed by atoms with Crippen LogP contribution in [0.1, 0.15) is 63.8 Å². The Hall–Kier alpha value is -3.05.